The van der Waals surface area contributed by atoms with Crippen molar-refractivity contribution < 1.29 is 4.79 Å². The number of aryl methyl sites for hydroxylation is 1. The standard InChI is InChI=1S/C13H18N2O/c1-3-14-7-8-15(10-13(14)16)12-6-4-5-11(2)9-12/h4-6,9H,3,7-8,10H2,1-2H3. The van der Waals surface area contributed by atoms with Gasteiger partial charge in [-0.1, -0.05) is 12.1 Å². The highest BCUT2D eigenvalue weighted by atomic mass is 16.2. The van der Waals surface area contributed by atoms with E-state index in [2.05, 4.69) is 30.0 Å². The van der Waals surface area contributed by atoms with E-state index in [1.54, 1.807) is 0 Å². The maximum absolute atomic E-state index is 11.8. The molecule has 0 aliphatic carbocycles. The molecule has 0 radical (unpaired) electrons. The molecule has 1 aliphatic heterocycles. The van der Waals surface area contributed by atoms with Crippen molar-refractivity contribution in [2.45, 2.75) is 13.8 Å². The van der Waals surface area contributed by atoms with Crippen LogP contribution in [0.15, 0.2) is 24.3 Å². The van der Waals surface area contributed by atoms with Gasteiger partial charge in [0.15, 0.2) is 0 Å². The van der Waals surface area contributed by atoms with E-state index in [-0.39, 0.29) is 5.91 Å². The molecule has 1 saturated heterocycles. The molecule has 0 saturated carbocycles. The molecular weight excluding hydrogens is 200 g/mol. The number of nitrogens with zero attached hydrogens (tertiary/aromatic N) is 2. The zero-order valence-electron chi connectivity index (χ0n) is 9.94. The smallest absolute Gasteiger partial charge is 0.242 e. The first-order valence-electron chi connectivity index (χ1n) is 5.80. The van der Waals surface area contributed by atoms with Crippen molar-refractivity contribution in [1.82, 2.24) is 4.90 Å². The van der Waals surface area contributed by atoms with Crippen LogP contribution < -0.4 is 4.90 Å². The summed E-state index contributed by atoms with van der Waals surface area (Å²) in [6.07, 6.45) is 0. The first-order valence-corrected chi connectivity index (χ1v) is 5.80. The van der Waals surface area contributed by atoms with Gasteiger partial charge in [-0.2, -0.15) is 0 Å². The number of hydrogen-bond acceptors (Lipinski definition) is 2. The van der Waals surface area contributed by atoms with E-state index in [1.807, 2.05) is 17.9 Å². The van der Waals surface area contributed by atoms with Crippen LogP contribution >= 0.6 is 0 Å². The van der Waals surface area contributed by atoms with Gasteiger partial charge in [0.25, 0.3) is 0 Å². The predicted molar refractivity (Wildman–Crippen MR) is 65.6 cm³/mol. The number of piperazine rings is 1. The molecule has 16 heavy (non-hydrogen) atoms. The van der Waals surface area contributed by atoms with Gasteiger partial charge in [0.2, 0.25) is 5.91 Å². The van der Waals surface area contributed by atoms with Crippen LogP contribution in [0.3, 0.4) is 0 Å². The van der Waals surface area contributed by atoms with Crippen LogP contribution in [-0.4, -0.2) is 37.0 Å². The SMILES string of the molecule is CCN1CCN(c2cccc(C)c2)CC1=O. The Morgan fingerprint density at radius 2 is 2.12 bits per heavy atom. The third kappa shape index (κ3) is 2.18. The van der Waals surface area contributed by atoms with E-state index in [4.69, 9.17) is 0 Å². The molecule has 0 bridgehead atoms. The van der Waals surface area contributed by atoms with Crippen molar-refractivity contribution in [3.8, 4) is 0 Å². The Morgan fingerprint density at radius 3 is 2.75 bits per heavy atom. The quantitative estimate of drug-likeness (QED) is 0.753. The highest BCUT2D eigenvalue weighted by Gasteiger charge is 2.22. The lowest BCUT2D eigenvalue weighted by Crippen LogP contribution is -2.50. The summed E-state index contributed by atoms with van der Waals surface area (Å²) in [6, 6.07) is 8.33. The number of benzene rings is 1. The summed E-state index contributed by atoms with van der Waals surface area (Å²) in [5, 5.41) is 0. The Bertz CT molecular complexity index is 389. The third-order valence-corrected chi connectivity index (χ3v) is 3.07. The van der Waals surface area contributed by atoms with Gasteiger partial charge in [0.1, 0.15) is 0 Å². The first kappa shape index (κ1) is 11.0. The molecule has 1 aromatic rings. The molecule has 3 heteroatoms. The van der Waals surface area contributed by atoms with Crippen LogP contribution in [0, 0.1) is 6.92 Å². The van der Waals surface area contributed by atoms with E-state index in [9.17, 15) is 4.79 Å². The van der Waals surface area contributed by atoms with Crippen LogP contribution in [0.1, 0.15) is 12.5 Å². The lowest BCUT2D eigenvalue weighted by Gasteiger charge is -2.35. The molecular formula is C13H18N2O. The van der Waals surface area contributed by atoms with Crippen LogP contribution in [0.2, 0.25) is 0 Å². The maximum atomic E-state index is 11.8. The fourth-order valence-electron chi connectivity index (χ4n) is 2.09. The first-order chi connectivity index (χ1) is 7.70. The third-order valence-electron chi connectivity index (χ3n) is 3.07. The number of hydrogen-bond donors (Lipinski definition) is 0. The number of amides is 1. The fourth-order valence-corrected chi connectivity index (χ4v) is 2.09. The molecule has 3 nitrogen and oxygen atoms in total. The van der Waals surface area contributed by atoms with Crippen LogP contribution in [0.4, 0.5) is 5.69 Å². The lowest BCUT2D eigenvalue weighted by atomic mass is 10.2. The van der Waals surface area contributed by atoms with Crippen molar-refractivity contribution in [1.29, 1.82) is 0 Å². The predicted octanol–water partition coefficient (Wildman–Crippen LogP) is 1.66. The van der Waals surface area contributed by atoms with E-state index in [1.165, 1.54) is 5.56 Å². The van der Waals surface area contributed by atoms with Gasteiger partial charge in [-0.25, -0.2) is 0 Å². The minimum atomic E-state index is 0.232. The van der Waals surface area contributed by atoms with Crippen LogP contribution in [-0.2, 0) is 4.79 Å². The molecule has 2 rings (SSSR count). The molecule has 0 unspecified atom stereocenters. The van der Waals surface area contributed by atoms with Crippen molar-refractivity contribution in [3.05, 3.63) is 29.8 Å². The Balaban J connectivity index is 2.10. The molecule has 0 spiro atoms. The molecule has 1 aliphatic rings. The largest absolute Gasteiger partial charge is 0.360 e. The van der Waals surface area contributed by atoms with Crippen molar-refractivity contribution >= 4 is 11.6 Å². The maximum Gasteiger partial charge on any atom is 0.242 e. The van der Waals surface area contributed by atoms with Gasteiger partial charge in [-0.3, -0.25) is 4.79 Å². The average Bonchev–Trinajstić information content (AvgIpc) is 2.29. The normalized spacial score (nSPS) is 16.8. The zero-order chi connectivity index (χ0) is 11.5. The van der Waals surface area contributed by atoms with Crippen molar-refractivity contribution in [3.63, 3.8) is 0 Å². The van der Waals surface area contributed by atoms with Gasteiger partial charge in [-0.05, 0) is 31.5 Å². The average molecular weight is 218 g/mol. The number of carbonyl (C=O) groups excluding carboxylic acids is 1. The van der Waals surface area contributed by atoms with E-state index < -0.39 is 0 Å². The topological polar surface area (TPSA) is 23.6 Å². The van der Waals surface area contributed by atoms with Gasteiger partial charge in [0.05, 0.1) is 6.54 Å². The number of likely N-dealkylation sites (N-methyl/N-ethyl adjacent to an activating group) is 1. The highest BCUT2D eigenvalue weighted by molar-refractivity contribution is 5.82. The second-order valence-corrected chi connectivity index (χ2v) is 4.23. The van der Waals surface area contributed by atoms with Gasteiger partial charge in [0, 0.05) is 25.3 Å². The summed E-state index contributed by atoms with van der Waals surface area (Å²) in [7, 11) is 0. The van der Waals surface area contributed by atoms with Crippen molar-refractivity contribution in [2.24, 2.45) is 0 Å². The Morgan fingerprint density at radius 1 is 1.31 bits per heavy atom. The van der Waals surface area contributed by atoms with Crippen molar-refractivity contribution in [2.75, 3.05) is 31.1 Å². The minimum absolute atomic E-state index is 0.232. The van der Waals surface area contributed by atoms with Crippen LogP contribution in [0.5, 0.6) is 0 Å². The minimum Gasteiger partial charge on any atom is -0.360 e. The molecule has 1 fully saturated rings. The van der Waals surface area contributed by atoms with Gasteiger partial charge >= 0.3 is 0 Å². The summed E-state index contributed by atoms with van der Waals surface area (Å²) in [6.45, 7) is 7.21. The van der Waals surface area contributed by atoms with Gasteiger partial charge in [-0.15, -0.1) is 0 Å². The molecule has 1 aromatic carbocycles. The van der Waals surface area contributed by atoms with Gasteiger partial charge < -0.3 is 9.80 Å². The molecule has 0 N–H and O–H groups in total. The monoisotopic (exact) mass is 218 g/mol. The molecule has 1 amide bonds. The molecule has 1 heterocycles. The van der Waals surface area contributed by atoms with E-state index in [0.717, 1.165) is 25.3 Å². The van der Waals surface area contributed by atoms with E-state index in [0.29, 0.717) is 6.54 Å². The molecule has 86 valence electrons. The Kier molecular flexibility index (Phi) is 3.13. The number of anilines is 1. The Labute approximate surface area is 96.7 Å². The number of carbonyl (C=O) groups is 1. The van der Waals surface area contributed by atoms with E-state index >= 15 is 0 Å². The summed E-state index contributed by atoms with van der Waals surface area (Å²) >= 11 is 0. The summed E-state index contributed by atoms with van der Waals surface area (Å²) in [5.41, 5.74) is 2.40. The molecule has 0 atom stereocenters. The zero-order valence-corrected chi connectivity index (χ0v) is 9.94. The summed E-state index contributed by atoms with van der Waals surface area (Å²) in [5.74, 6) is 0.232. The van der Waals surface area contributed by atoms with Crippen LogP contribution in [0.25, 0.3) is 0 Å². The highest BCUT2D eigenvalue weighted by Crippen LogP contribution is 2.17. The fraction of sp³-hybridized carbons (Fsp3) is 0.462. The number of rotatable bonds is 2. The molecule has 0 aromatic heterocycles. The second-order valence-electron chi connectivity index (χ2n) is 4.23. The lowest BCUT2D eigenvalue weighted by molar-refractivity contribution is -0.130. The summed E-state index contributed by atoms with van der Waals surface area (Å²) < 4.78 is 0. The second kappa shape index (κ2) is 4.56. The summed E-state index contributed by atoms with van der Waals surface area (Å²) in [4.78, 5) is 15.8. The Hall–Kier alpha value is -1.51.